The number of hydrogen-bond donors (Lipinski definition) is 2. The Morgan fingerprint density at radius 2 is 2.00 bits per heavy atom. The summed E-state index contributed by atoms with van der Waals surface area (Å²) >= 11 is 6.02. The molecule has 0 aromatic heterocycles. The molecule has 0 bridgehead atoms. The van der Waals surface area contributed by atoms with Crippen LogP contribution in [0.3, 0.4) is 0 Å². The Morgan fingerprint density at radius 1 is 1.30 bits per heavy atom. The highest BCUT2D eigenvalue weighted by atomic mass is 35.5. The van der Waals surface area contributed by atoms with Crippen LogP contribution in [0.25, 0.3) is 0 Å². The van der Waals surface area contributed by atoms with Crippen LogP contribution in [0.4, 0.5) is 5.69 Å². The van der Waals surface area contributed by atoms with E-state index < -0.39 is 0 Å². The van der Waals surface area contributed by atoms with Gasteiger partial charge in [0.15, 0.2) is 0 Å². The smallest absolute Gasteiger partial charge is 0.238 e. The quantitative estimate of drug-likeness (QED) is 0.866. The predicted octanol–water partition coefficient (Wildman–Crippen LogP) is 3.84. The molecule has 1 atom stereocenters. The van der Waals surface area contributed by atoms with Gasteiger partial charge in [0.05, 0.1) is 17.3 Å². The number of carbonyl (C=O) groups excluding carboxylic acids is 1. The molecule has 110 valence electrons. The van der Waals surface area contributed by atoms with E-state index in [0.717, 1.165) is 0 Å². The van der Waals surface area contributed by atoms with E-state index in [4.69, 9.17) is 11.6 Å². The zero-order chi connectivity index (χ0) is 14.4. The fraction of sp³-hybridized carbons (Fsp3) is 0.562. The third-order valence-corrected chi connectivity index (χ3v) is 4.42. The van der Waals surface area contributed by atoms with Crippen molar-refractivity contribution in [1.29, 1.82) is 0 Å². The Morgan fingerprint density at radius 3 is 2.70 bits per heavy atom. The fourth-order valence-corrected chi connectivity index (χ4v) is 2.99. The minimum Gasteiger partial charge on any atom is -0.324 e. The number of halogens is 1. The van der Waals surface area contributed by atoms with Crippen LogP contribution in [0.5, 0.6) is 0 Å². The normalized spacial score (nSPS) is 17.7. The maximum Gasteiger partial charge on any atom is 0.238 e. The van der Waals surface area contributed by atoms with Crippen LogP contribution in [0.2, 0.25) is 5.02 Å². The van der Waals surface area contributed by atoms with E-state index >= 15 is 0 Å². The number of carbonyl (C=O) groups is 1. The lowest BCUT2D eigenvalue weighted by Crippen LogP contribution is -2.39. The van der Waals surface area contributed by atoms with Gasteiger partial charge in [-0.2, -0.15) is 0 Å². The van der Waals surface area contributed by atoms with E-state index in [-0.39, 0.29) is 5.91 Å². The molecule has 0 heterocycles. The molecular formula is C16H23ClN2O. The number of rotatable bonds is 5. The Labute approximate surface area is 126 Å². The molecular weight excluding hydrogens is 272 g/mol. The van der Waals surface area contributed by atoms with Gasteiger partial charge in [-0.15, -0.1) is 0 Å². The Bertz CT molecular complexity index is 444. The molecule has 2 rings (SSSR count). The third-order valence-electron chi connectivity index (χ3n) is 4.09. The molecule has 1 saturated carbocycles. The Balaban J connectivity index is 1.76. The molecule has 1 fully saturated rings. The van der Waals surface area contributed by atoms with Gasteiger partial charge in [0.2, 0.25) is 5.91 Å². The summed E-state index contributed by atoms with van der Waals surface area (Å²) < 4.78 is 0. The molecule has 1 aromatic rings. The molecule has 1 aliphatic rings. The van der Waals surface area contributed by atoms with Crippen molar-refractivity contribution in [3.63, 3.8) is 0 Å². The second-order valence-corrected chi connectivity index (χ2v) is 6.00. The minimum atomic E-state index is -0.0410. The molecule has 0 saturated heterocycles. The van der Waals surface area contributed by atoms with Crippen molar-refractivity contribution in [3.8, 4) is 0 Å². The largest absolute Gasteiger partial charge is 0.324 e. The summed E-state index contributed by atoms with van der Waals surface area (Å²) in [6.07, 6.45) is 6.56. The van der Waals surface area contributed by atoms with E-state index in [1.165, 1.54) is 32.1 Å². The summed E-state index contributed by atoms with van der Waals surface area (Å²) in [5, 5.41) is 6.74. The third kappa shape index (κ3) is 4.50. The standard InChI is InChI=1S/C16H23ClN2O/c1-12(13-7-3-2-4-8-13)18-11-16(20)19-15-10-6-5-9-14(15)17/h5-6,9-10,12-13,18H,2-4,7-8,11H2,1H3,(H,19,20)/t12-/m0/s1. The van der Waals surface area contributed by atoms with Crippen LogP contribution in [-0.4, -0.2) is 18.5 Å². The summed E-state index contributed by atoms with van der Waals surface area (Å²) in [4.78, 5) is 11.9. The molecule has 0 spiro atoms. The van der Waals surface area contributed by atoms with E-state index in [1.54, 1.807) is 6.07 Å². The zero-order valence-corrected chi connectivity index (χ0v) is 12.7. The van der Waals surface area contributed by atoms with Crippen molar-refractivity contribution in [2.24, 2.45) is 5.92 Å². The molecule has 2 N–H and O–H groups in total. The SMILES string of the molecule is C[C@H](NCC(=O)Nc1ccccc1Cl)C1CCCCC1. The Hall–Kier alpha value is -1.06. The second-order valence-electron chi connectivity index (χ2n) is 5.60. The first-order valence-electron chi connectivity index (χ1n) is 7.44. The van der Waals surface area contributed by atoms with Crippen LogP contribution in [0.1, 0.15) is 39.0 Å². The zero-order valence-electron chi connectivity index (χ0n) is 12.0. The molecule has 3 nitrogen and oxygen atoms in total. The van der Waals surface area contributed by atoms with E-state index in [2.05, 4.69) is 17.6 Å². The summed E-state index contributed by atoms with van der Waals surface area (Å²) in [7, 11) is 0. The van der Waals surface area contributed by atoms with Crippen molar-refractivity contribution in [2.75, 3.05) is 11.9 Å². The molecule has 0 aliphatic heterocycles. The summed E-state index contributed by atoms with van der Waals surface area (Å²) in [5.41, 5.74) is 0.672. The highest BCUT2D eigenvalue weighted by Gasteiger charge is 2.20. The number of para-hydroxylation sites is 1. The number of hydrogen-bond acceptors (Lipinski definition) is 2. The molecule has 0 radical (unpaired) electrons. The molecule has 20 heavy (non-hydrogen) atoms. The topological polar surface area (TPSA) is 41.1 Å². The fourth-order valence-electron chi connectivity index (χ4n) is 2.81. The molecule has 4 heteroatoms. The lowest BCUT2D eigenvalue weighted by Gasteiger charge is -2.28. The number of amides is 1. The van der Waals surface area contributed by atoms with Crippen molar-refractivity contribution >= 4 is 23.2 Å². The van der Waals surface area contributed by atoms with Gasteiger partial charge in [-0.05, 0) is 37.8 Å². The average Bonchev–Trinajstić information content (AvgIpc) is 2.48. The lowest BCUT2D eigenvalue weighted by molar-refractivity contribution is -0.115. The van der Waals surface area contributed by atoms with Gasteiger partial charge in [0.1, 0.15) is 0 Å². The second kappa shape index (κ2) is 7.65. The van der Waals surface area contributed by atoms with Gasteiger partial charge < -0.3 is 10.6 Å². The first-order valence-corrected chi connectivity index (χ1v) is 7.82. The van der Waals surface area contributed by atoms with Crippen LogP contribution >= 0.6 is 11.6 Å². The van der Waals surface area contributed by atoms with Crippen LogP contribution < -0.4 is 10.6 Å². The summed E-state index contributed by atoms with van der Waals surface area (Å²) in [6.45, 7) is 2.52. The van der Waals surface area contributed by atoms with E-state index in [9.17, 15) is 4.79 Å². The summed E-state index contributed by atoms with van der Waals surface area (Å²) in [6, 6.07) is 7.69. The van der Waals surface area contributed by atoms with Crippen LogP contribution in [0, 0.1) is 5.92 Å². The van der Waals surface area contributed by atoms with Crippen molar-refractivity contribution < 1.29 is 4.79 Å². The van der Waals surface area contributed by atoms with E-state index in [1.807, 2.05) is 18.2 Å². The van der Waals surface area contributed by atoms with E-state index in [0.29, 0.717) is 29.2 Å². The van der Waals surface area contributed by atoms with Gasteiger partial charge in [-0.3, -0.25) is 4.79 Å². The number of benzene rings is 1. The molecule has 1 aromatic carbocycles. The molecule has 1 aliphatic carbocycles. The predicted molar refractivity (Wildman–Crippen MR) is 84.1 cm³/mol. The molecule has 0 unspecified atom stereocenters. The van der Waals surface area contributed by atoms with Gasteiger partial charge in [0, 0.05) is 6.04 Å². The molecule has 1 amide bonds. The highest BCUT2D eigenvalue weighted by Crippen LogP contribution is 2.26. The first-order chi connectivity index (χ1) is 9.66. The van der Waals surface area contributed by atoms with Crippen molar-refractivity contribution in [2.45, 2.75) is 45.1 Å². The maximum absolute atomic E-state index is 11.9. The van der Waals surface area contributed by atoms with Crippen molar-refractivity contribution in [1.82, 2.24) is 5.32 Å². The maximum atomic E-state index is 11.9. The van der Waals surface area contributed by atoms with Gasteiger partial charge in [0.25, 0.3) is 0 Å². The number of nitrogens with one attached hydrogen (secondary N) is 2. The van der Waals surface area contributed by atoms with Gasteiger partial charge in [-0.1, -0.05) is 43.0 Å². The highest BCUT2D eigenvalue weighted by molar-refractivity contribution is 6.33. The first kappa shape index (κ1) is 15.3. The number of anilines is 1. The summed E-state index contributed by atoms with van der Waals surface area (Å²) in [5.74, 6) is 0.664. The average molecular weight is 295 g/mol. The van der Waals surface area contributed by atoms with Gasteiger partial charge >= 0.3 is 0 Å². The van der Waals surface area contributed by atoms with Crippen molar-refractivity contribution in [3.05, 3.63) is 29.3 Å². The Kier molecular flexibility index (Phi) is 5.86. The van der Waals surface area contributed by atoms with Crippen LogP contribution in [-0.2, 0) is 4.79 Å². The minimum absolute atomic E-state index is 0.0410. The monoisotopic (exact) mass is 294 g/mol. The van der Waals surface area contributed by atoms with Crippen LogP contribution in [0.15, 0.2) is 24.3 Å². The van der Waals surface area contributed by atoms with Gasteiger partial charge in [-0.25, -0.2) is 0 Å². The lowest BCUT2D eigenvalue weighted by atomic mass is 9.84.